The number of carbonyl (C=O) groups excluding carboxylic acids is 2. The molecule has 2 amide bonds. The second-order valence-electron chi connectivity index (χ2n) is 7.15. The van der Waals surface area contributed by atoms with E-state index in [1.54, 1.807) is 12.0 Å². The number of carbonyl (C=O) groups is 2. The first-order valence-corrected chi connectivity index (χ1v) is 9.48. The maximum atomic E-state index is 12.8. The Hall–Kier alpha value is -1.56. The Morgan fingerprint density at radius 3 is 2.80 bits per heavy atom. The van der Waals surface area contributed by atoms with E-state index in [1.807, 2.05) is 25.1 Å². The monoisotopic (exact) mass is 410 g/mol. The molecule has 1 unspecified atom stereocenters. The third-order valence-electron chi connectivity index (χ3n) is 4.79. The summed E-state index contributed by atoms with van der Waals surface area (Å²) in [5.74, 6) is 1.17. The van der Waals surface area contributed by atoms with Gasteiger partial charge >= 0.3 is 0 Å². The van der Waals surface area contributed by atoms with E-state index in [9.17, 15) is 9.59 Å². The summed E-state index contributed by atoms with van der Waals surface area (Å²) >= 11 is 3.46. The highest BCUT2D eigenvalue weighted by Gasteiger charge is 2.47. The number of rotatable bonds is 7. The van der Waals surface area contributed by atoms with Crippen LogP contribution < -0.4 is 10.1 Å². The fourth-order valence-corrected chi connectivity index (χ4v) is 3.51. The first kappa shape index (κ1) is 19.8. The highest BCUT2D eigenvalue weighted by atomic mass is 79.9. The van der Waals surface area contributed by atoms with Crippen molar-refractivity contribution in [3.05, 3.63) is 28.2 Å². The van der Waals surface area contributed by atoms with Crippen molar-refractivity contribution in [2.45, 2.75) is 52.1 Å². The Morgan fingerprint density at radius 2 is 2.16 bits per heavy atom. The van der Waals surface area contributed by atoms with Gasteiger partial charge in [0.05, 0.1) is 13.7 Å². The predicted molar refractivity (Wildman–Crippen MR) is 101 cm³/mol. The SMILES string of the molecule is COc1ccc(Br)cc1CN1C(=O)CCC1(C)C(=O)NCCC(C)C. The van der Waals surface area contributed by atoms with Crippen LogP contribution in [0.1, 0.15) is 45.6 Å². The van der Waals surface area contributed by atoms with Gasteiger partial charge in [0.2, 0.25) is 11.8 Å². The van der Waals surface area contributed by atoms with E-state index in [-0.39, 0.29) is 11.8 Å². The first-order valence-electron chi connectivity index (χ1n) is 8.69. The van der Waals surface area contributed by atoms with Crippen molar-refractivity contribution < 1.29 is 14.3 Å². The number of likely N-dealkylation sites (tertiary alicyclic amines) is 1. The second-order valence-corrected chi connectivity index (χ2v) is 8.06. The number of nitrogens with one attached hydrogen (secondary N) is 1. The molecule has 1 aromatic rings. The molecule has 1 atom stereocenters. The van der Waals surface area contributed by atoms with Gasteiger partial charge in [0.1, 0.15) is 11.3 Å². The van der Waals surface area contributed by atoms with Crippen LogP contribution >= 0.6 is 15.9 Å². The van der Waals surface area contributed by atoms with E-state index in [0.29, 0.717) is 37.6 Å². The van der Waals surface area contributed by atoms with Gasteiger partial charge in [-0.3, -0.25) is 9.59 Å². The lowest BCUT2D eigenvalue weighted by molar-refractivity contribution is -0.141. The van der Waals surface area contributed by atoms with Gasteiger partial charge in [0, 0.05) is 23.0 Å². The summed E-state index contributed by atoms with van der Waals surface area (Å²) in [6, 6.07) is 5.69. The molecule has 6 heteroatoms. The highest BCUT2D eigenvalue weighted by Crippen LogP contribution is 2.34. The maximum Gasteiger partial charge on any atom is 0.245 e. The Labute approximate surface area is 158 Å². The second kappa shape index (κ2) is 8.21. The Kier molecular flexibility index (Phi) is 6.49. The summed E-state index contributed by atoms with van der Waals surface area (Å²) in [6.45, 7) is 7.09. The normalized spacial score (nSPS) is 20.2. The molecule has 1 aliphatic rings. The third-order valence-corrected chi connectivity index (χ3v) is 5.28. The Balaban J connectivity index is 2.18. The van der Waals surface area contributed by atoms with Crippen LogP contribution in [0.3, 0.4) is 0 Å². The number of benzene rings is 1. The molecule has 0 aliphatic carbocycles. The predicted octanol–water partition coefficient (Wildman–Crippen LogP) is 3.50. The minimum Gasteiger partial charge on any atom is -0.496 e. The van der Waals surface area contributed by atoms with Crippen molar-refractivity contribution in [1.29, 1.82) is 0 Å². The van der Waals surface area contributed by atoms with Gasteiger partial charge in [0.25, 0.3) is 0 Å². The zero-order valence-electron chi connectivity index (χ0n) is 15.4. The number of amides is 2. The summed E-state index contributed by atoms with van der Waals surface area (Å²) in [5, 5.41) is 3.00. The quantitative estimate of drug-likeness (QED) is 0.747. The van der Waals surface area contributed by atoms with E-state index in [2.05, 4.69) is 35.1 Å². The molecule has 25 heavy (non-hydrogen) atoms. The highest BCUT2D eigenvalue weighted by molar-refractivity contribution is 9.10. The molecule has 0 saturated carbocycles. The molecular formula is C19H27BrN2O3. The molecule has 1 fully saturated rings. The van der Waals surface area contributed by atoms with E-state index in [1.165, 1.54) is 0 Å². The number of ether oxygens (including phenoxy) is 1. The molecule has 0 radical (unpaired) electrons. The summed E-state index contributed by atoms with van der Waals surface area (Å²) < 4.78 is 6.32. The van der Waals surface area contributed by atoms with Gasteiger partial charge in [0.15, 0.2) is 0 Å². The van der Waals surface area contributed by atoms with Crippen LogP contribution in [-0.2, 0) is 16.1 Å². The zero-order chi connectivity index (χ0) is 18.6. The van der Waals surface area contributed by atoms with Crippen LogP contribution in [-0.4, -0.2) is 35.9 Å². The number of hydrogen-bond donors (Lipinski definition) is 1. The largest absolute Gasteiger partial charge is 0.496 e. The van der Waals surface area contributed by atoms with E-state index in [0.717, 1.165) is 16.5 Å². The van der Waals surface area contributed by atoms with Crippen molar-refractivity contribution in [2.24, 2.45) is 5.92 Å². The van der Waals surface area contributed by atoms with E-state index in [4.69, 9.17) is 4.74 Å². The molecule has 0 spiro atoms. The molecule has 1 aliphatic heterocycles. The summed E-state index contributed by atoms with van der Waals surface area (Å²) in [7, 11) is 1.61. The average molecular weight is 411 g/mol. The van der Waals surface area contributed by atoms with Gasteiger partial charge in [-0.2, -0.15) is 0 Å². The standard InChI is InChI=1S/C19H27BrN2O3/c1-13(2)8-10-21-18(24)19(3)9-7-17(23)22(19)12-14-11-15(20)5-6-16(14)25-4/h5-6,11,13H,7-10,12H2,1-4H3,(H,21,24). The van der Waals surface area contributed by atoms with Gasteiger partial charge in [-0.25, -0.2) is 0 Å². The zero-order valence-corrected chi connectivity index (χ0v) is 17.0. The van der Waals surface area contributed by atoms with Crippen LogP contribution in [0.2, 0.25) is 0 Å². The number of hydrogen-bond acceptors (Lipinski definition) is 3. The van der Waals surface area contributed by atoms with Crippen LogP contribution in [0.25, 0.3) is 0 Å². The molecular weight excluding hydrogens is 384 g/mol. The Bertz CT molecular complexity index is 648. The molecule has 1 aromatic carbocycles. The van der Waals surface area contributed by atoms with Crippen molar-refractivity contribution in [3.8, 4) is 5.75 Å². The molecule has 1 N–H and O–H groups in total. The lowest BCUT2D eigenvalue weighted by Crippen LogP contribution is -2.54. The number of nitrogens with zero attached hydrogens (tertiary/aromatic N) is 1. The molecule has 1 heterocycles. The summed E-state index contributed by atoms with van der Waals surface area (Å²) in [4.78, 5) is 26.9. The number of methoxy groups -OCH3 is 1. The van der Waals surface area contributed by atoms with Crippen LogP contribution in [0.15, 0.2) is 22.7 Å². The van der Waals surface area contributed by atoms with Gasteiger partial charge in [-0.05, 0) is 43.9 Å². The van der Waals surface area contributed by atoms with Crippen molar-refractivity contribution in [1.82, 2.24) is 10.2 Å². The van der Waals surface area contributed by atoms with Crippen LogP contribution in [0, 0.1) is 5.92 Å². The fraction of sp³-hybridized carbons (Fsp3) is 0.579. The van der Waals surface area contributed by atoms with Crippen LogP contribution in [0.5, 0.6) is 5.75 Å². The number of halogens is 1. The third kappa shape index (κ3) is 4.54. The average Bonchev–Trinajstić information content (AvgIpc) is 2.84. The van der Waals surface area contributed by atoms with E-state index < -0.39 is 5.54 Å². The van der Waals surface area contributed by atoms with Gasteiger partial charge in [-0.1, -0.05) is 29.8 Å². The molecule has 5 nitrogen and oxygen atoms in total. The van der Waals surface area contributed by atoms with E-state index >= 15 is 0 Å². The summed E-state index contributed by atoms with van der Waals surface area (Å²) in [5.41, 5.74) is 0.0646. The first-order chi connectivity index (χ1) is 11.8. The lowest BCUT2D eigenvalue weighted by atomic mass is 9.96. The fourth-order valence-electron chi connectivity index (χ4n) is 3.10. The molecule has 138 valence electrons. The lowest BCUT2D eigenvalue weighted by Gasteiger charge is -2.34. The minimum atomic E-state index is -0.818. The van der Waals surface area contributed by atoms with Crippen molar-refractivity contribution in [3.63, 3.8) is 0 Å². The maximum absolute atomic E-state index is 12.8. The van der Waals surface area contributed by atoms with Crippen molar-refractivity contribution >= 4 is 27.7 Å². The van der Waals surface area contributed by atoms with Gasteiger partial charge < -0.3 is 15.0 Å². The minimum absolute atomic E-state index is 0.00328. The smallest absolute Gasteiger partial charge is 0.245 e. The molecule has 1 saturated heterocycles. The summed E-state index contributed by atoms with van der Waals surface area (Å²) in [6.07, 6.45) is 1.86. The molecule has 2 rings (SSSR count). The van der Waals surface area contributed by atoms with Crippen LogP contribution in [0.4, 0.5) is 0 Å². The Morgan fingerprint density at radius 1 is 1.44 bits per heavy atom. The topological polar surface area (TPSA) is 58.6 Å². The molecule has 0 aromatic heterocycles. The van der Waals surface area contributed by atoms with Crippen molar-refractivity contribution in [2.75, 3.05) is 13.7 Å². The molecule has 0 bridgehead atoms. The van der Waals surface area contributed by atoms with Gasteiger partial charge in [-0.15, -0.1) is 0 Å².